The summed E-state index contributed by atoms with van der Waals surface area (Å²) in [5.41, 5.74) is 19.8. The van der Waals surface area contributed by atoms with Gasteiger partial charge in [0.1, 0.15) is 0 Å². The van der Waals surface area contributed by atoms with Gasteiger partial charge in [-0.3, -0.25) is 0 Å². The lowest BCUT2D eigenvalue weighted by molar-refractivity contribution is 0.567. The summed E-state index contributed by atoms with van der Waals surface area (Å²) in [5.74, 6) is 0.208. The SMILES string of the molecule is CC(C)(C)c1cc(C2=CC=CC3=CC=CC(c4ccccc4N(c4ccc(-c5ccc6c(c5)c5ccccc5n6-c5ccccc5)cc4)c4ccc(-c5cccc6ccccc56)cc4)C32)cc(C(C)(C)C)c1. The summed E-state index contributed by atoms with van der Waals surface area (Å²) in [7, 11) is 0. The predicted molar refractivity (Wildman–Crippen MR) is 308 cm³/mol. The number of fused-ring (bicyclic) bond motifs is 5. The van der Waals surface area contributed by atoms with Gasteiger partial charge in [0.2, 0.25) is 0 Å². The number of nitrogens with zero attached hydrogens (tertiary/aromatic N) is 2. The minimum absolute atomic E-state index is 0.00690. The number of aromatic nitrogens is 1. The highest BCUT2D eigenvalue weighted by Gasteiger charge is 2.34. The van der Waals surface area contributed by atoms with E-state index in [0.717, 1.165) is 11.4 Å². The van der Waals surface area contributed by atoms with E-state index < -0.39 is 0 Å². The maximum absolute atomic E-state index is 2.48. The number of hydrogen-bond acceptors (Lipinski definition) is 1. The molecular formula is C70H60N2. The number of allylic oxidation sites excluding steroid dienone is 8. The van der Waals surface area contributed by atoms with Crippen molar-refractivity contribution >= 4 is 55.2 Å². The van der Waals surface area contributed by atoms with Crippen molar-refractivity contribution in [3.63, 3.8) is 0 Å². The molecule has 12 rings (SSSR count). The van der Waals surface area contributed by atoms with Crippen LogP contribution in [0.3, 0.4) is 0 Å². The topological polar surface area (TPSA) is 8.17 Å². The molecule has 2 aliphatic rings. The van der Waals surface area contributed by atoms with Crippen LogP contribution in [0.2, 0.25) is 0 Å². The standard InChI is InChI=1S/C70H60N2/c1-69(2,3)53-43-52(44-54(46-53)70(4,5)6)60-29-17-21-50-22-18-30-63(68(50)60)61-26-12-14-31-65(61)71(57-40-35-49(36-41-57)59-28-16-20-48-19-10-11-25-58(48)59)56-38-33-47(34-39-56)51-37-42-67-64(45-51)62-27-13-15-32-66(62)72(67)55-23-8-7-9-24-55/h7-46,63,68H,1-6H3. The van der Waals surface area contributed by atoms with Crippen molar-refractivity contribution in [3.8, 4) is 27.9 Å². The molecule has 0 fully saturated rings. The Balaban J connectivity index is 0.979. The van der Waals surface area contributed by atoms with Crippen LogP contribution < -0.4 is 4.90 Å². The lowest BCUT2D eigenvalue weighted by atomic mass is 9.69. The molecule has 0 spiro atoms. The first-order chi connectivity index (χ1) is 35.0. The first-order valence-corrected chi connectivity index (χ1v) is 25.6. The molecule has 0 amide bonds. The van der Waals surface area contributed by atoms with E-state index in [4.69, 9.17) is 0 Å². The first kappa shape index (κ1) is 45.0. The molecule has 0 N–H and O–H groups in total. The van der Waals surface area contributed by atoms with Gasteiger partial charge >= 0.3 is 0 Å². The predicted octanol–water partition coefficient (Wildman–Crippen LogP) is 19.2. The van der Waals surface area contributed by atoms with Crippen LogP contribution in [0.5, 0.6) is 0 Å². The smallest absolute Gasteiger partial charge is 0.0541 e. The maximum atomic E-state index is 2.48. The largest absolute Gasteiger partial charge is 0.310 e. The lowest BCUT2D eigenvalue weighted by Crippen LogP contribution is -2.22. The van der Waals surface area contributed by atoms with Crippen molar-refractivity contribution in [3.05, 3.63) is 271 Å². The Hall–Kier alpha value is -8.20. The summed E-state index contributed by atoms with van der Waals surface area (Å²) in [4.78, 5) is 2.48. The van der Waals surface area contributed by atoms with Crippen LogP contribution in [0.4, 0.5) is 17.1 Å². The van der Waals surface area contributed by atoms with E-state index in [9.17, 15) is 0 Å². The minimum atomic E-state index is 0.00690. The molecule has 350 valence electrons. The normalized spacial score (nSPS) is 15.7. The van der Waals surface area contributed by atoms with Gasteiger partial charge in [-0.15, -0.1) is 0 Å². The lowest BCUT2D eigenvalue weighted by Gasteiger charge is -2.37. The monoisotopic (exact) mass is 928 g/mol. The van der Waals surface area contributed by atoms with Gasteiger partial charge in [-0.25, -0.2) is 0 Å². The van der Waals surface area contributed by atoms with Crippen LogP contribution >= 0.6 is 0 Å². The molecule has 10 aromatic rings. The fourth-order valence-electron chi connectivity index (χ4n) is 11.3. The molecule has 9 aromatic carbocycles. The molecular weight excluding hydrogens is 869 g/mol. The van der Waals surface area contributed by atoms with E-state index in [0.29, 0.717) is 0 Å². The molecule has 0 bridgehead atoms. The zero-order chi connectivity index (χ0) is 49.1. The van der Waals surface area contributed by atoms with Crippen molar-refractivity contribution < 1.29 is 0 Å². The molecule has 0 saturated carbocycles. The number of para-hydroxylation sites is 3. The Kier molecular flexibility index (Phi) is 11.2. The van der Waals surface area contributed by atoms with Gasteiger partial charge in [0.05, 0.1) is 11.0 Å². The highest BCUT2D eigenvalue weighted by Crippen LogP contribution is 2.51. The molecule has 1 heterocycles. The van der Waals surface area contributed by atoms with Gasteiger partial charge in [0.25, 0.3) is 0 Å². The van der Waals surface area contributed by atoms with Crippen LogP contribution in [0.25, 0.3) is 66.1 Å². The molecule has 0 saturated heterocycles. The van der Waals surface area contributed by atoms with Gasteiger partial charge < -0.3 is 9.47 Å². The van der Waals surface area contributed by atoms with Crippen molar-refractivity contribution in [2.45, 2.75) is 58.3 Å². The number of anilines is 3. The van der Waals surface area contributed by atoms with Crippen molar-refractivity contribution in [1.29, 1.82) is 0 Å². The molecule has 2 atom stereocenters. The zero-order valence-electron chi connectivity index (χ0n) is 42.1. The van der Waals surface area contributed by atoms with Gasteiger partial charge in [-0.1, -0.05) is 224 Å². The van der Waals surface area contributed by atoms with Gasteiger partial charge in [0.15, 0.2) is 0 Å². The van der Waals surface area contributed by atoms with Crippen molar-refractivity contribution in [1.82, 2.24) is 4.57 Å². The quantitative estimate of drug-likeness (QED) is 0.147. The zero-order valence-corrected chi connectivity index (χ0v) is 42.1. The van der Waals surface area contributed by atoms with E-state index in [-0.39, 0.29) is 22.7 Å². The third kappa shape index (κ3) is 8.11. The Labute approximate surface area is 425 Å². The minimum Gasteiger partial charge on any atom is -0.310 e. The third-order valence-corrected chi connectivity index (χ3v) is 15.1. The fourth-order valence-corrected chi connectivity index (χ4v) is 11.3. The van der Waals surface area contributed by atoms with Crippen LogP contribution in [0, 0.1) is 5.92 Å². The first-order valence-electron chi connectivity index (χ1n) is 25.6. The summed E-state index contributed by atoms with van der Waals surface area (Å²) < 4.78 is 2.38. The molecule has 0 aliphatic heterocycles. The summed E-state index contributed by atoms with van der Waals surface area (Å²) in [5, 5.41) is 5.00. The van der Waals surface area contributed by atoms with E-state index in [1.54, 1.807) is 0 Å². The number of rotatable bonds is 8. The summed E-state index contributed by atoms with van der Waals surface area (Å²) in [6.45, 7) is 14.0. The van der Waals surface area contributed by atoms with Crippen molar-refractivity contribution in [2.75, 3.05) is 4.90 Å². The van der Waals surface area contributed by atoms with E-state index in [1.165, 1.54) is 99.6 Å². The van der Waals surface area contributed by atoms with E-state index in [1.807, 2.05) is 0 Å². The Bertz CT molecular complexity index is 3770. The Morgan fingerprint density at radius 3 is 1.79 bits per heavy atom. The highest BCUT2D eigenvalue weighted by atomic mass is 15.1. The molecule has 2 nitrogen and oxygen atoms in total. The van der Waals surface area contributed by atoms with Crippen LogP contribution in [0.1, 0.15) is 69.7 Å². The van der Waals surface area contributed by atoms with Crippen LogP contribution in [-0.4, -0.2) is 4.57 Å². The average molecular weight is 929 g/mol. The molecule has 2 aliphatic carbocycles. The van der Waals surface area contributed by atoms with Gasteiger partial charge in [-0.05, 0) is 138 Å². The Morgan fingerprint density at radius 2 is 1.06 bits per heavy atom. The fraction of sp³-hybridized carbons (Fsp3) is 0.143. The molecule has 0 radical (unpaired) electrons. The second-order valence-corrected chi connectivity index (χ2v) is 21.8. The van der Waals surface area contributed by atoms with Crippen molar-refractivity contribution in [2.24, 2.45) is 5.92 Å². The van der Waals surface area contributed by atoms with Gasteiger partial charge in [0, 0.05) is 45.4 Å². The van der Waals surface area contributed by atoms with Crippen LogP contribution in [0.15, 0.2) is 248 Å². The summed E-state index contributed by atoms with van der Waals surface area (Å²) in [6, 6.07) is 76.6. The second-order valence-electron chi connectivity index (χ2n) is 21.8. The molecule has 2 heteroatoms. The van der Waals surface area contributed by atoms with Crippen LogP contribution in [-0.2, 0) is 10.8 Å². The van der Waals surface area contributed by atoms with Gasteiger partial charge in [-0.2, -0.15) is 0 Å². The Morgan fingerprint density at radius 1 is 0.444 bits per heavy atom. The third-order valence-electron chi connectivity index (χ3n) is 15.1. The maximum Gasteiger partial charge on any atom is 0.0541 e. The molecule has 72 heavy (non-hydrogen) atoms. The summed E-state index contributed by atoms with van der Waals surface area (Å²) >= 11 is 0. The van der Waals surface area contributed by atoms with E-state index >= 15 is 0 Å². The molecule has 2 unspecified atom stereocenters. The highest BCUT2D eigenvalue weighted by molar-refractivity contribution is 6.10. The second kappa shape index (κ2) is 17.9. The molecule has 1 aromatic heterocycles. The summed E-state index contributed by atoms with van der Waals surface area (Å²) in [6.07, 6.45) is 14.0. The number of benzene rings is 9. The number of hydrogen-bond donors (Lipinski definition) is 0. The average Bonchev–Trinajstić information content (AvgIpc) is 3.74. The van der Waals surface area contributed by atoms with E-state index in [2.05, 4.69) is 294 Å².